The highest BCUT2D eigenvalue weighted by Gasteiger charge is 2.28. The monoisotopic (exact) mass is 288 g/mol. The minimum atomic E-state index is -3.14. The van der Waals surface area contributed by atoms with Crippen molar-refractivity contribution in [3.05, 3.63) is 5.82 Å². The number of piperidine rings is 1. The second-order valence-electron chi connectivity index (χ2n) is 4.28. The molecule has 2 rings (SSSR count). The lowest BCUT2D eigenvalue weighted by atomic mass is 10.1. The Bertz CT molecular complexity index is 520. The third-order valence-corrected chi connectivity index (χ3v) is 4.98. The first-order valence-electron chi connectivity index (χ1n) is 6.05. The molecule has 0 radical (unpaired) electrons. The number of nitrogens with zero attached hydrogens (tertiary/aromatic N) is 4. The molecule has 1 fully saturated rings. The van der Waals surface area contributed by atoms with Crippen molar-refractivity contribution in [2.24, 2.45) is 0 Å². The van der Waals surface area contributed by atoms with Gasteiger partial charge in [-0.25, -0.2) is 12.7 Å². The van der Waals surface area contributed by atoms with E-state index in [2.05, 4.69) is 25.9 Å². The Morgan fingerprint density at radius 2 is 2.16 bits per heavy atom. The summed E-state index contributed by atoms with van der Waals surface area (Å²) >= 11 is 0. The standard InChI is InChI=1S/C9H16N6O3S/c1-2-19(17,18)15-5-3-7(4-6-15)10-9(16)8-11-13-14-12-8/h7H,2-6H2,1H3,(H,10,16)(H,11,12,13,14). The van der Waals surface area contributed by atoms with Crippen LogP contribution in [0, 0.1) is 0 Å². The molecule has 1 aromatic rings. The molecular formula is C9H16N6O3S. The molecular weight excluding hydrogens is 272 g/mol. The van der Waals surface area contributed by atoms with E-state index in [9.17, 15) is 13.2 Å². The van der Waals surface area contributed by atoms with E-state index in [-0.39, 0.29) is 17.6 Å². The first kappa shape index (κ1) is 13.9. The van der Waals surface area contributed by atoms with Gasteiger partial charge in [0.2, 0.25) is 10.0 Å². The van der Waals surface area contributed by atoms with Crippen LogP contribution in [0.2, 0.25) is 0 Å². The maximum Gasteiger partial charge on any atom is 0.293 e. The zero-order chi connectivity index (χ0) is 13.9. The molecule has 1 aliphatic heterocycles. The van der Waals surface area contributed by atoms with Crippen molar-refractivity contribution in [1.82, 2.24) is 30.2 Å². The van der Waals surface area contributed by atoms with Crippen molar-refractivity contribution in [2.75, 3.05) is 18.8 Å². The molecule has 0 bridgehead atoms. The van der Waals surface area contributed by atoms with Gasteiger partial charge < -0.3 is 5.32 Å². The number of amides is 1. The number of rotatable bonds is 4. The predicted octanol–water partition coefficient (Wildman–Crippen LogP) is -1.26. The third-order valence-electron chi connectivity index (χ3n) is 3.10. The number of sulfonamides is 1. The van der Waals surface area contributed by atoms with Gasteiger partial charge in [-0.05, 0) is 25.0 Å². The van der Waals surface area contributed by atoms with Gasteiger partial charge >= 0.3 is 0 Å². The molecule has 1 aliphatic rings. The first-order chi connectivity index (χ1) is 9.03. The van der Waals surface area contributed by atoms with E-state index < -0.39 is 15.9 Å². The van der Waals surface area contributed by atoms with Gasteiger partial charge in [0, 0.05) is 19.1 Å². The Hall–Kier alpha value is -1.55. The number of H-pyrrole nitrogens is 1. The quantitative estimate of drug-likeness (QED) is 0.713. The molecule has 0 unspecified atom stereocenters. The minimum Gasteiger partial charge on any atom is -0.346 e. The Kier molecular flexibility index (Phi) is 4.10. The number of tetrazole rings is 1. The van der Waals surface area contributed by atoms with Gasteiger partial charge in [-0.3, -0.25) is 4.79 Å². The lowest BCUT2D eigenvalue weighted by Crippen LogP contribution is -2.47. The highest BCUT2D eigenvalue weighted by atomic mass is 32.2. The highest BCUT2D eigenvalue weighted by Crippen LogP contribution is 2.14. The minimum absolute atomic E-state index is 0.0105. The Labute approximate surface area is 110 Å². The summed E-state index contributed by atoms with van der Waals surface area (Å²) in [6.07, 6.45) is 1.17. The predicted molar refractivity (Wildman–Crippen MR) is 65.7 cm³/mol. The molecule has 1 aromatic heterocycles. The second-order valence-corrected chi connectivity index (χ2v) is 6.54. The Balaban J connectivity index is 1.86. The number of aromatic amines is 1. The summed E-state index contributed by atoms with van der Waals surface area (Å²) in [6.45, 7) is 2.47. The Morgan fingerprint density at radius 1 is 1.47 bits per heavy atom. The van der Waals surface area contributed by atoms with Gasteiger partial charge in [-0.15, -0.1) is 10.2 Å². The van der Waals surface area contributed by atoms with Crippen molar-refractivity contribution in [3.63, 3.8) is 0 Å². The smallest absolute Gasteiger partial charge is 0.293 e. The largest absolute Gasteiger partial charge is 0.346 e. The molecule has 0 aliphatic carbocycles. The second kappa shape index (κ2) is 5.61. The Morgan fingerprint density at radius 3 is 2.68 bits per heavy atom. The van der Waals surface area contributed by atoms with Gasteiger partial charge in [0.1, 0.15) is 0 Å². The number of hydrogen-bond donors (Lipinski definition) is 2. The zero-order valence-corrected chi connectivity index (χ0v) is 11.4. The van der Waals surface area contributed by atoms with Crippen LogP contribution in [0.4, 0.5) is 0 Å². The average Bonchev–Trinajstić information content (AvgIpc) is 2.93. The topological polar surface area (TPSA) is 121 Å². The summed E-state index contributed by atoms with van der Waals surface area (Å²) in [4.78, 5) is 11.7. The molecule has 10 heteroatoms. The molecule has 2 heterocycles. The van der Waals surface area contributed by atoms with Crippen LogP contribution in [0.25, 0.3) is 0 Å². The molecule has 0 saturated carbocycles. The number of carbonyl (C=O) groups excluding carboxylic acids is 1. The zero-order valence-electron chi connectivity index (χ0n) is 10.5. The summed E-state index contributed by atoms with van der Waals surface area (Å²) in [5.74, 6) is -0.304. The van der Waals surface area contributed by atoms with Gasteiger partial charge in [0.05, 0.1) is 5.75 Å². The van der Waals surface area contributed by atoms with E-state index in [1.165, 1.54) is 4.31 Å². The van der Waals surface area contributed by atoms with E-state index in [0.717, 1.165) is 0 Å². The molecule has 1 saturated heterocycles. The number of aromatic nitrogens is 4. The first-order valence-corrected chi connectivity index (χ1v) is 7.66. The summed E-state index contributed by atoms with van der Waals surface area (Å²) in [7, 11) is -3.14. The van der Waals surface area contributed by atoms with Gasteiger partial charge in [-0.2, -0.15) is 5.21 Å². The molecule has 2 N–H and O–H groups in total. The molecule has 0 atom stereocenters. The van der Waals surface area contributed by atoms with Crippen LogP contribution in [0.5, 0.6) is 0 Å². The van der Waals surface area contributed by atoms with E-state index in [0.29, 0.717) is 25.9 Å². The molecule has 106 valence electrons. The van der Waals surface area contributed by atoms with Crippen LogP contribution < -0.4 is 5.32 Å². The van der Waals surface area contributed by atoms with Crippen LogP contribution in [0.1, 0.15) is 30.4 Å². The number of hydrogen-bond acceptors (Lipinski definition) is 6. The normalized spacial score (nSPS) is 18.4. The molecule has 19 heavy (non-hydrogen) atoms. The molecule has 9 nitrogen and oxygen atoms in total. The maximum absolute atomic E-state index is 11.7. The lowest BCUT2D eigenvalue weighted by molar-refractivity contribution is 0.0913. The fourth-order valence-electron chi connectivity index (χ4n) is 1.97. The average molecular weight is 288 g/mol. The number of nitrogens with one attached hydrogen (secondary N) is 2. The van der Waals surface area contributed by atoms with E-state index >= 15 is 0 Å². The van der Waals surface area contributed by atoms with Crippen LogP contribution in [0.15, 0.2) is 0 Å². The van der Waals surface area contributed by atoms with Crippen LogP contribution in [0.3, 0.4) is 0 Å². The van der Waals surface area contributed by atoms with Crippen LogP contribution in [-0.4, -0.2) is 64.1 Å². The SMILES string of the molecule is CCS(=O)(=O)N1CCC(NC(=O)c2nn[nH]n2)CC1. The summed E-state index contributed by atoms with van der Waals surface area (Å²) in [5, 5.41) is 15.4. The van der Waals surface area contributed by atoms with Crippen LogP contribution >= 0.6 is 0 Å². The van der Waals surface area contributed by atoms with E-state index in [1.54, 1.807) is 6.92 Å². The van der Waals surface area contributed by atoms with Crippen molar-refractivity contribution in [3.8, 4) is 0 Å². The summed E-state index contributed by atoms with van der Waals surface area (Å²) < 4.78 is 24.8. The molecule has 1 amide bonds. The fourth-order valence-corrected chi connectivity index (χ4v) is 3.10. The third kappa shape index (κ3) is 3.26. The summed E-state index contributed by atoms with van der Waals surface area (Å²) in [6, 6.07) is -0.0608. The highest BCUT2D eigenvalue weighted by molar-refractivity contribution is 7.89. The summed E-state index contributed by atoms with van der Waals surface area (Å²) in [5.41, 5.74) is 0. The van der Waals surface area contributed by atoms with E-state index in [1.807, 2.05) is 0 Å². The lowest BCUT2D eigenvalue weighted by Gasteiger charge is -2.31. The maximum atomic E-state index is 11.7. The number of carbonyl (C=O) groups is 1. The van der Waals surface area contributed by atoms with Crippen molar-refractivity contribution < 1.29 is 13.2 Å². The van der Waals surface area contributed by atoms with E-state index in [4.69, 9.17) is 0 Å². The molecule has 0 aromatic carbocycles. The van der Waals surface area contributed by atoms with Crippen molar-refractivity contribution in [1.29, 1.82) is 0 Å². The van der Waals surface area contributed by atoms with Crippen LogP contribution in [-0.2, 0) is 10.0 Å². The van der Waals surface area contributed by atoms with Gasteiger partial charge in [-0.1, -0.05) is 0 Å². The van der Waals surface area contributed by atoms with Gasteiger partial charge in [0.15, 0.2) is 0 Å². The van der Waals surface area contributed by atoms with Crippen molar-refractivity contribution >= 4 is 15.9 Å². The van der Waals surface area contributed by atoms with Gasteiger partial charge in [0.25, 0.3) is 11.7 Å². The fraction of sp³-hybridized carbons (Fsp3) is 0.778. The van der Waals surface area contributed by atoms with Crippen molar-refractivity contribution in [2.45, 2.75) is 25.8 Å². The molecule has 0 spiro atoms.